The monoisotopic (exact) mass is 203 g/mol. The maximum Gasteiger partial charge on any atom is 0.172 e. The number of Topliss-reactive ketones (excluding diaryl/α,β-unsaturated/α-hetero) is 1. The molecule has 0 aromatic heterocycles. The summed E-state index contributed by atoms with van der Waals surface area (Å²) in [6.07, 6.45) is 0. The lowest BCUT2D eigenvalue weighted by Crippen LogP contribution is -2.36. The molecule has 0 fully saturated rings. The molecule has 0 unspecified atom stereocenters. The molecule has 0 saturated heterocycles. The highest BCUT2D eigenvalue weighted by atomic mass is 16.5. The Balaban J connectivity index is 2.83. The van der Waals surface area contributed by atoms with Gasteiger partial charge in [-0.15, -0.1) is 0 Å². The van der Waals surface area contributed by atoms with Gasteiger partial charge in [0, 0.05) is 0 Å². The average molecular weight is 203 g/mol. The third kappa shape index (κ3) is 2.81. The molecule has 0 spiro atoms. The smallest absolute Gasteiger partial charge is 0.172 e. The number of nitrogens with zero attached hydrogens (tertiary/aromatic N) is 1. The lowest BCUT2D eigenvalue weighted by Gasteiger charge is -2.23. The van der Waals surface area contributed by atoms with Gasteiger partial charge in [0.05, 0.1) is 11.6 Å². The molecule has 0 aliphatic heterocycles. The number of ketones is 1. The number of ether oxygens (including phenoxy) is 1. The SMILES string of the molecule is CC(=O)C(C)(C)Oc1ccc(C#N)cc1. The summed E-state index contributed by atoms with van der Waals surface area (Å²) in [7, 11) is 0. The number of hydrogen-bond donors (Lipinski definition) is 0. The van der Waals surface area contributed by atoms with Crippen LogP contribution < -0.4 is 4.74 Å². The van der Waals surface area contributed by atoms with E-state index >= 15 is 0 Å². The van der Waals surface area contributed by atoms with Crippen LogP contribution in [-0.2, 0) is 4.79 Å². The van der Waals surface area contributed by atoms with Crippen molar-refractivity contribution >= 4 is 5.78 Å². The van der Waals surface area contributed by atoms with Crippen molar-refractivity contribution in [2.45, 2.75) is 26.4 Å². The van der Waals surface area contributed by atoms with Crippen molar-refractivity contribution in [3.63, 3.8) is 0 Å². The van der Waals surface area contributed by atoms with Crippen LogP contribution in [0, 0.1) is 11.3 Å². The topological polar surface area (TPSA) is 50.1 Å². The van der Waals surface area contributed by atoms with Gasteiger partial charge in [-0.05, 0) is 45.0 Å². The Morgan fingerprint density at radius 2 is 1.87 bits per heavy atom. The Morgan fingerprint density at radius 1 is 1.33 bits per heavy atom. The second-order valence-electron chi connectivity index (χ2n) is 3.80. The number of hydrogen-bond acceptors (Lipinski definition) is 3. The molecule has 0 amide bonds. The molecule has 0 bridgehead atoms. The molecule has 1 aromatic rings. The molecular weight excluding hydrogens is 190 g/mol. The van der Waals surface area contributed by atoms with Crippen LogP contribution in [0.3, 0.4) is 0 Å². The van der Waals surface area contributed by atoms with Gasteiger partial charge in [0.25, 0.3) is 0 Å². The normalized spacial score (nSPS) is 10.5. The van der Waals surface area contributed by atoms with Crippen LogP contribution >= 0.6 is 0 Å². The molecule has 0 saturated carbocycles. The van der Waals surface area contributed by atoms with Gasteiger partial charge in [0.1, 0.15) is 5.75 Å². The first-order chi connectivity index (χ1) is 6.95. The Bertz CT molecular complexity index is 399. The van der Waals surface area contributed by atoms with E-state index in [2.05, 4.69) is 0 Å². The van der Waals surface area contributed by atoms with Crippen molar-refractivity contribution < 1.29 is 9.53 Å². The van der Waals surface area contributed by atoms with Gasteiger partial charge in [0.15, 0.2) is 11.4 Å². The second-order valence-corrected chi connectivity index (χ2v) is 3.80. The first-order valence-corrected chi connectivity index (χ1v) is 4.66. The summed E-state index contributed by atoms with van der Waals surface area (Å²) in [6, 6.07) is 8.70. The largest absolute Gasteiger partial charge is 0.480 e. The van der Waals surface area contributed by atoms with Gasteiger partial charge >= 0.3 is 0 Å². The summed E-state index contributed by atoms with van der Waals surface area (Å²) >= 11 is 0. The molecule has 0 N–H and O–H groups in total. The van der Waals surface area contributed by atoms with Gasteiger partial charge in [-0.25, -0.2) is 0 Å². The summed E-state index contributed by atoms with van der Waals surface area (Å²) in [5.74, 6) is 0.557. The standard InChI is InChI=1S/C12H13NO2/c1-9(14)12(2,3)15-11-6-4-10(8-13)5-7-11/h4-7H,1-3H3. The maximum absolute atomic E-state index is 11.2. The molecule has 3 nitrogen and oxygen atoms in total. The minimum absolute atomic E-state index is 0.0353. The number of rotatable bonds is 3. The van der Waals surface area contributed by atoms with E-state index in [0.29, 0.717) is 11.3 Å². The minimum Gasteiger partial charge on any atom is -0.480 e. The molecule has 15 heavy (non-hydrogen) atoms. The van der Waals surface area contributed by atoms with Crippen molar-refractivity contribution in [2.24, 2.45) is 0 Å². The van der Waals surface area contributed by atoms with Crippen molar-refractivity contribution in [3.8, 4) is 11.8 Å². The van der Waals surface area contributed by atoms with E-state index in [1.165, 1.54) is 6.92 Å². The van der Waals surface area contributed by atoms with Gasteiger partial charge < -0.3 is 4.74 Å². The summed E-state index contributed by atoms with van der Waals surface area (Å²) in [5, 5.41) is 8.60. The highest BCUT2D eigenvalue weighted by Gasteiger charge is 2.25. The molecule has 1 aromatic carbocycles. The highest BCUT2D eigenvalue weighted by Crippen LogP contribution is 2.19. The zero-order valence-electron chi connectivity index (χ0n) is 9.07. The van der Waals surface area contributed by atoms with E-state index in [0.717, 1.165) is 0 Å². The predicted octanol–water partition coefficient (Wildman–Crippen LogP) is 2.30. The fourth-order valence-corrected chi connectivity index (χ4v) is 0.964. The van der Waals surface area contributed by atoms with Crippen LogP contribution in [0.2, 0.25) is 0 Å². The number of carbonyl (C=O) groups excluding carboxylic acids is 1. The lowest BCUT2D eigenvalue weighted by molar-refractivity contribution is -0.129. The van der Waals surface area contributed by atoms with E-state index in [4.69, 9.17) is 10.00 Å². The quantitative estimate of drug-likeness (QED) is 0.757. The Kier molecular flexibility index (Phi) is 3.11. The summed E-state index contributed by atoms with van der Waals surface area (Å²) in [4.78, 5) is 11.2. The molecule has 0 radical (unpaired) electrons. The molecule has 0 heterocycles. The van der Waals surface area contributed by atoms with Crippen molar-refractivity contribution in [1.29, 1.82) is 5.26 Å². The summed E-state index contributed by atoms with van der Waals surface area (Å²) in [5.41, 5.74) is -0.253. The molecule has 0 aliphatic carbocycles. The Labute approximate surface area is 89.3 Å². The first kappa shape index (κ1) is 11.3. The fraction of sp³-hybridized carbons (Fsp3) is 0.333. The van der Waals surface area contributed by atoms with Gasteiger partial charge in [-0.1, -0.05) is 0 Å². The van der Waals surface area contributed by atoms with Gasteiger partial charge in [-0.2, -0.15) is 5.26 Å². The predicted molar refractivity (Wildman–Crippen MR) is 56.5 cm³/mol. The van der Waals surface area contributed by atoms with E-state index in [1.807, 2.05) is 6.07 Å². The highest BCUT2D eigenvalue weighted by molar-refractivity contribution is 5.84. The molecule has 0 atom stereocenters. The minimum atomic E-state index is -0.825. The molecule has 3 heteroatoms. The van der Waals surface area contributed by atoms with Crippen molar-refractivity contribution in [3.05, 3.63) is 29.8 Å². The average Bonchev–Trinajstić information content (AvgIpc) is 2.18. The number of benzene rings is 1. The molecule has 0 aliphatic rings. The Morgan fingerprint density at radius 3 is 2.27 bits per heavy atom. The van der Waals surface area contributed by atoms with Crippen LogP contribution in [-0.4, -0.2) is 11.4 Å². The second kappa shape index (κ2) is 4.14. The van der Waals surface area contributed by atoms with Crippen LogP contribution in [0.5, 0.6) is 5.75 Å². The molecule has 1 rings (SSSR count). The lowest BCUT2D eigenvalue weighted by atomic mass is 10.1. The zero-order chi connectivity index (χ0) is 11.5. The first-order valence-electron chi connectivity index (χ1n) is 4.66. The fourth-order valence-electron chi connectivity index (χ4n) is 0.964. The molecule has 78 valence electrons. The van der Waals surface area contributed by atoms with Crippen LogP contribution in [0.4, 0.5) is 0 Å². The van der Waals surface area contributed by atoms with Crippen LogP contribution in [0.1, 0.15) is 26.3 Å². The van der Waals surface area contributed by atoms with Crippen LogP contribution in [0.15, 0.2) is 24.3 Å². The number of nitriles is 1. The van der Waals surface area contributed by atoms with Crippen molar-refractivity contribution in [1.82, 2.24) is 0 Å². The van der Waals surface area contributed by atoms with E-state index in [1.54, 1.807) is 38.1 Å². The summed E-state index contributed by atoms with van der Waals surface area (Å²) < 4.78 is 5.50. The third-order valence-electron chi connectivity index (χ3n) is 2.20. The van der Waals surface area contributed by atoms with Gasteiger partial charge in [-0.3, -0.25) is 4.79 Å². The van der Waals surface area contributed by atoms with E-state index in [9.17, 15) is 4.79 Å². The Hall–Kier alpha value is -1.82. The maximum atomic E-state index is 11.2. The summed E-state index contributed by atoms with van der Waals surface area (Å²) in [6.45, 7) is 4.92. The van der Waals surface area contributed by atoms with Crippen LogP contribution in [0.25, 0.3) is 0 Å². The third-order valence-corrected chi connectivity index (χ3v) is 2.20. The zero-order valence-corrected chi connectivity index (χ0v) is 9.07. The van der Waals surface area contributed by atoms with Gasteiger partial charge in [0.2, 0.25) is 0 Å². The van der Waals surface area contributed by atoms with Crippen molar-refractivity contribution in [2.75, 3.05) is 0 Å². The van der Waals surface area contributed by atoms with E-state index < -0.39 is 5.60 Å². The van der Waals surface area contributed by atoms with E-state index in [-0.39, 0.29) is 5.78 Å². The number of carbonyl (C=O) groups is 1. The molecular formula is C12H13NO2.